The molecule has 0 spiro atoms. The number of methoxy groups -OCH3 is 1. The van der Waals surface area contributed by atoms with E-state index in [9.17, 15) is 0 Å². The largest absolute Gasteiger partial charge is 0.497 e. The highest BCUT2D eigenvalue weighted by Gasteiger charge is 2.26. The van der Waals surface area contributed by atoms with Crippen LogP contribution in [0.2, 0.25) is 0 Å². The van der Waals surface area contributed by atoms with E-state index >= 15 is 0 Å². The van der Waals surface area contributed by atoms with E-state index in [0.29, 0.717) is 12.0 Å². The molecule has 7 nitrogen and oxygen atoms in total. The second-order valence-corrected chi connectivity index (χ2v) is 7.44. The van der Waals surface area contributed by atoms with Crippen molar-refractivity contribution in [1.29, 1.82) is 0 Å². The summed E-state index contributed by atoms with van der Waals surface area (Å²) in [5.74, 6) is 3.35. The van der Waals surface area contributed by atoms with Crippen molar-refractivity contribution in [3.8, 4) is 5.75 Å². The summed E-state index contributed by atoms with van der Waals surface area (Å²) in [4.78, 5) is 12.0. The Morgan fingerprint density at radius 1 is 1.11 bits per heavy atom. The van der Waals surface area contributed by atoms with Crippen LogP contribution in [-0.4, -0.2) is 44.9 Å². The van der Waals surface area contributed by atoms with Gasteiger partial charge >= 0.3 is 0 Å². The number of fused-ring (bicyclic) bond motifs is 1. The van der Waals surface area contributed by atoms with E-state index in [-0.39, 0.29) is 0 Å². The Hall–Kier alpha value is -2.70. The van der Waals surface area contributed by atoms with Crippen molar-refractivity contribution in [3.63, 3.8) is 0 Å². The summed E-state index contributed by atoms with van der Waals surface area (Å²) in [6.07, 6.45) is 3.94. The van der Waals surface area contributed by atoms with Crippen LogP contribution < -0.4 is 9.64 Å². The van der Waals surface area contributed by atoms with Crippen molar-refractivity contribution in [2.24, 2.45) is 0 Å². The molecule has 0 amide bonds. The molecule has 4 rings (SSSR count). The Morgan fingerprint density at radius 3 is 2.59 bits per heavy atom. The molecule has 27 heavy (non-hydrogen) atoms. The lowest BCUT2D eigenvalue weighted by molar-refractivity contribution is 0.415. The maximum Gasteiger partial charge on any atom is 0.150 e. The van der Waals surface area contributed by atoms with Crippen LogP contribution >= 0.6 is 0 Å². The zero-order valence-corrected chi connectivity index (χ0v) is 16.4. The maximum absolute atomic E-state index is 5.29. The Balaban J connectivity index is 1.54. The molecule has 0 radical (unpaired) electrons. The van der Waals surface area contributed by atoms with Crippen LogP contribution in [0.3, 0.4) is 0 Å². The fourth-order valence-electron chi connectivity index (χ4n) is 3.83. The first-order valence-electron chi connectivity index (χ1n) is 9.53. The van der Waals surface area contributed by atoms with Crippen molar-refractivity contribution in [2.45, 2.75) is 45.6 Å². The van der Waals surface area contributed by atoms with Crippen LogP contribution in [0.15, 0.2) is 24.5 Å². The number of rotatable bonds is 4. The summed E-state index contributed by atoms with van der Waals surface area (Å²) in [5.41, 5.74) is 2.73. The highest BCUT2D eigenvalue weighted by atomic mass is 16.5. The molecule has 0 saturated carbocycles. The van der Waals surface area contributed by atoms with Crippen LogP contribution in [-0.2, 0) is 0 Å². The Labute approximate surface area is 159 Å². The number of hydrogen-bond acceptors (Lipinski definition) is 6. The Kier molecular flexibility index (Phi) is 4.68. The number of piperidine rings is 1. The molecule has 1 fully saturated rings. The van der Waals surface area contributed by atoms with Crippen LogP contribution in [0.1, 0.15) is 50.2 Å². The maximum atomic E-state index is 5.29. The molecule has 0 unspecified atom stereocenters. The summed E-state index contributed by atoms with van der Waals surface area (Å²) in [6, 6.07) is 6.23. The molecule has 1 aliphatic rings. The van der Waals surface area contributed by atoms with Gasteiger partial charge in [0.25, 0.3) is 0 Å². The first-order chi connectivity index (χ1) is 13.1. The van der Waals surface area contributed by atoms with E-state index in [4.69, 9.17) is 14.7 Å². The van der Waals surface area contributed by atoms with E-state index in [1.165, 1.54) is 0 Å². The summed E-state index contributed by atoms with van der Waals surface area (Å²) in [7, 11) is 1.67. The van der Waals surface area contributed by atoms with Crippen molar-refractivity contribution in [1.82, 2.24) is 24.7 Å². The van der Waals surface area contributed by atoms with Gasteiger partial charge in [0.15, 0.2) is 5.82 Å². The lowest BCUT2D eigenvalue weighted by atomic mass is 9.95. The van der Waals surface area contributed by atoms with Crippen LogP contribution in [0.25, 0.3) is 11.0 Å². The zero-order valence-electron chi connectivity index (χ0n) is 16.4. The monoisotopic (exact) mass is 366 g/mol. The summed E-state index contributed by atoms with van der Waals surface area (Å²) >= 11 is 0. The van der Waals surface area contributed by atoms with Crippen molar-refractivity contribution in [2.75, 3.05) is 25.1 Å². The SMILES string of the molecule is COc1ccc2nc(N3CCC(c4nncn4C(C)C)CC3)c(C)nc2c1. The quantitative estimate of drug-likeness (QED) is 0.704. The van der Waals surface area contributed by atoms with Gasteiger partial charge in [0.2, 0.25) is 0 Å². The number of anilines is 1. The van der Waals surface area contributed by atoms with Gasteiger partial charge < -0.3 is 14.2 Å². The van der Waals surface area contributed by atoms with E-state index < -0.39 is 0 Å². The predicted octanol–water partition coefficient (Wildman–Crippen LogP) is 3.50. The van der Waals surface area contributed by atoms with Gasteiger partial charge in [-0.3, -0.25) is 0 Å². The molecule has 0 bridgehead atoms. The number of nitrogens with zero attached hydrogens (tertiary/aromatic N) is 6. The molecule has 1 saturated heterocycles. The fourth-order valence-corrected chi connectivity index (χ4v) is 3.83. The van der Waals surface area contributed by atoms with Gasteiger partial charge in [0, 0.05) is 31.1 Å². The van der Waals surface area contributed by atoms with E-state index in [0.717, 1.165) is 60.1 Å². The minimum absolute atomic E-state index is 0.388. The molecule has 0 atom stereocenters. The topological polar surface area (TPSA) is 69.0 Å². The highest BCUT2D eigenvalue weighted by Crippen LogP contribution is 2.31. The second kappa shape index (κ2) is 7.13. The molecular formula is C20H26N6O. The normalized spacial score (nSPS) is 15.7. The molecule has 7 heteroatoms. The molecule has 3 heterocycles. The predicted molar refractivity (Wildman–Crippen MR) is 105 cm³/mol. The number of aryl methyl sites for hydroxylation is 1. The Morgan fingerprint density at radius 2 is 1.89 bits per heavy atom. The third-order valence-electron chi connectivity index (χ3n) is 5.34. The highest BCUT2D eigenvalue weighted by molar-refractivity contribution is 5.78. The Bertz CT molecular complexity index is 943. The number of benzene rings is 1. The molecule has 3 aromatic rings. The molecule has 0 aliphatic carbocycles. The van der Waals surface area contributed by atoms with Gasteiger partial charge in [-0.05, 0) is 45.7 Å². The smallest absolute Gasteiger partial charge is 0.150 e. The molecule has 1 aromatic carbocycles. The van der Waals surface area contributed by atoms with Crippen molar-refractivity contribution < 1.29 is 4.74 Å². The summed E-state index contributed by atoms with van der Waals surface area (Å²) in [5, 5.41) is 8.51. The van der Waals surface area contributed by atoms with Gasteiger partial charge in [0.1, 0.15) is 17.9 Å². The van der Waals surface area contributed by atoms with E-state index in [2.05, 4.69) is 33.5 Å². The third-order valence-corrected chi connectivity index (χ3v) is 5.34. The van der Waals surface area contributed by atoms with Crippen molar-refractivity contribution >= 4 is 16.9 Å². The minimum Gasteiger partial charge on any atom is -0.497 e. The van der Waals surface area contributed by atoms with Gasteiger partial charge in [0.05, 0.1) is 23.8 Å². The molecule has 1 aliphatic heterocycles. The van der Waals surface area contributed by atoms with Crippen LogP contribution in [0.4, 0.5) is 5.82 Å². The fraction of sp³-hybridized carbons (Fsp3) is 0.500. The summed E-state index contributed by atoms with van der Waals surface area (Å²) in [6.45, 7) is 8.28. The molecule has 142 valence electrons. The van der Waals surface area contributed by atoms with E-state index in [1.807, 2.05) is 31.5 Å². The van der Waals surface area contributed by atoms with Gasteiger partial charge in [-0.1, -0.05) is 0 Å². The first kappa shape index (κ1) is 17.7. The second-order valence-electron chi connectivity index (χ2n) is 7.44. The number of aromatic nitrogens is 5. The van der Waals surface area contributed by atoms with Gasteiger partial charge in [-0.15, -0.1) is 10.2 Å². The number of ether oxygens (including phenoxy) is 1. The average Bonchev–Trinajstić information content (AvgIpc) is 3.17. The average molecular weight is 366 g/mol. The minimum atomic E-state index is 0.388. The van der Waals surface area contributed by atoms with Crippen LogP contribution in [0.5, 0.6) is 5.75 Å². The lowest BCUT2D eigenvalue weighted by Crippen LogP contribution is -2.35. The van der Waals surface area contributed by atoms with Gasteiger partial charge in [-0.25, -0.2) is 9.97 Å². The third kappa shape index (κ3) is 3.34. The van der Waals surface area contributed by atoms with Crippen molar-refractivity contribution in [3.05, 3.63) is 36.0 Å². The van der Waals surface area contributed by atoms with Gasteiger partial charge in [-0.2, -0.15) is 0 Å². The lowest BCUT2D eigenvalue weighted by Gasteiger charge is -2.33. The molecular weight excluding hydrogens is 340 g/mol. The first-order valence-corrected chi connectivity index (χ1v) is 9.53. The molecule has 2 aromatic heterocycles. The standard InChI is InChI=1S/C20H26N6O/c1-13(2)26-12-21-24-20(26)15-7-9-25(10-8-15)19-14(3)22-18-11-16(27-4)5-6-17(18)23-19/h5-6,11-13,15H,7-10H2,1-4H3. The van der Waals surface area contributed by atoms with E-state index in [1.54, 1.807) is 7.11 Å². The molecule has 0 N–H and O–H groups in total. The number of hydrogen-bond donors (Lipinski definition) is 0. The zero-order chi connectivity index (χ0) is 19.0. The summed E-state index contributed by atoms with van der Waals surface area (Å²) < 4.78 is 7.48. The van der Waals surface area contributed by atoms with Crippen LogP contribution in [0, 0.1) is 6.92 Å².